The zero-order valence-electron chi connectivity index (χ0n) is 11.7. The van der Waals surface area contributed by atoms with E-state index in [1.165, 1.54) is 0 Å². The molecule has 0 aliphatic carbocycles. The highest BCUT2D eigenvalue weighted by molar-refractivity contribution is 7.98. The van der Waals surface area contributed by atoms with Gasteiger partial charge in [-0.25, -0.2) is 4.98 Å². The number of hydrogen-bond acceptors (Lipinski definition) is 4. The smallest absolute Gasteiger partial charge is 0.133 e. The maximum absolute atomic E-state index is 5.56. The van der Waals surface area contributed by atoms with Gasteiger partial charge in [-0.1, -0.05) is 0 Å². The molecule has 2 aromatic rings. The number of rotatable bonds is 7. The van der Waals surface area contributed by atoms with Crippen molar-refractivity contribution < 1.29 is 4.42 Å². The molecule has 2 aromatic heterocycles. The topological polar surface area (TPSA) is 43.0 Å². The summed E-state index contributed by atoms with van der Waals surface area (Å²) in [4.78, 5) is 4.44. The van der Waals surface area contributed by atoms with Crippen molar-refractivity contribution in [2.75, 3.05) is 12.0 Å². The number of hydrogen-bond donors (Lipinski definition) is 1. The van der Waals surface area contributed by atoms with Crippen LogP contribution in [0.25, 0.3) is 0 Å². The van der Waals surface area contributed by atoms with Crippen LogP contribution in [0.4, 0.5) is 0 Å². The lowest BCUT2D eigenvalue weighted by Crippen LogP contribution is -2.33. The molecule has 2 heterocycles. The first-order chi connectivity index (χ1) is 9.22. The SMILES string of the molecule is CSCCC(C)NC(c1ccco1)c1nccn1C. The molecule has 5 heteroatoms. The fourth-order valence-corrected chi connectivity index (χ4v) is 2.65. The summed E-state index contributed by atoms with van der Waals surface area (Å²) in [5.74, 6) is 3.04. The molecule has 0 aromatic carbocycles. The van der Waals surface area contributed by atoms with Gasteiger partial charge in [-0.05, 0) is 37.5 Å². The van der Waals surface area contributed by atoms with Crippen LogP contribution in [0.3, 0.4) is 0 Å². The molecule has 2 atom stereocenters. The Morgan fingerprint density at radius 3 is 2.95 bits per heavy atom. The van der Waals surface area contributed by atoms with Crippen LogP contribution in [0.15, 0.2) is 35.2 Å². The number of nitrogens with one attached hydrogen (secondary N) is 1. The summed E-state index contributed by atoms with van der Waals surface area (Å²) in [6.45, 7) is 2.20. The predicted octanol–water partition coefficient (Wildman–Crippen LogP) is 2.83. The summed E-state index contributed by atoms with van der Waals surface area (Å²) < 4.78 is 7.59. The molecule has 104 valence electrons. The summed E-state index contributed by atoms with van der Waals surface area (Å²) in [6.07, 6.45) is 8.75. The summed E-state index contributed by atoms with van der Waals surface area (Å²) in [5.41, 5.74) is 0. The molecule has 0 saturated heterocycles. The summed E-state index contributed by atoms with van der Waals surface area (Å²) in [6, 6.07) is 4.33. The number of nitrogens with zero attached hydrogens (tertiary/aromatic N) is 2. The Morgan fingerprint density at radius 1 is 1.53 bits per heavy atom. The van der Waals surface area contributed by atoms with Crippen LogP contribution in [0, 0.1) is 0 Å². The van der Waals surface area contributed by atoms with E-state index in [1.807, 2.05) is 47.9 Å². The standard InChI is InChI=1S/C14H21N3OS/c1-11(6-10-19-3)16-13(12-5-4-9-18-12)14-15-7-8-17(14)2/h4-5,7-9,11,13,16H,6,10H2,1-3H3. The van der Waals surface area contributed by atoms with Gasteiger partial charge in [0.25, 0.3) is 0 Å². The Kier molecular flexibility index (Phi) is 5.10. The van der Waals surface area contributed by atoms with Gasteiger partial charge in [-0.15, -0.1) is 0 Å². The number of aromatic nitrogens is 2. The Morgan fingerprint density at radius 2 is 2.37 bits per heavy atom. The first-order valence-electron chi connectivity index (χ1n) is 6.48. The summed E-state index contributed by atoms with van der Waals surface area (Å²) in [7, 11) is 2.01. The molecule has 0 saturated carbocycles. The molecular weight excluding hydrogens is 258 g/mol. The van der Waals surface area contributed by atoms with Crippen molar-refractivity contribution in [3.8, 4) is 0 Å². The number of thioether (sulfide) groups is 1. The van der Waals surface area contributed by atoms with Crippen LogP contribution in [0.1, 0.15) is 31.0 Å². The lowest BCUT2D eigenvalue weighted by atomic mass is 10.1. The number of aryl methyl sites for hydroxylation is 1. The molecule has 0 amide bonds. The first kappa shape index (κ1) is 14.2. The van der Waals surface area contributed by atoms with Gasteiger partial charge in [0.05, 0.1) is 6.26 Å². The Labute approximate surface area is 118 Å². The van der Waals surface area contributed by atoms with E-state index >= 15 is 0 Å². The van der Waals surface area contributed by atoms with E-state index in [-0.39, 0.29) is 6.04 Å². The zero-order valence-corrected chi connectivity index (χ0v) is 12.5. The van der Waals surface area contributed by atoms with E-state index in [9.17, 15) is 0 Å². The van der Waals surface area contributed by atoms with Crippen LogP contribution < -0.4 is 5.32 Å². The van der Waals surface area contributed by atoms with E-state index in [0.717, 1.165) is 23.8 Å². The van der Waals surface area contributed by atoms with Gasteiger partial charge in [0, 0.05) is 25.5 Å². The van der Waals surface area contributed by atoms with Crippen LogP contribution in [0.5, 0.6) is 0 Å². The van der Waals surface area contributed by atoms with Gasteiger partial charge < -0.3 is 8.98 Å². The van der Waals surface area contributed by atoms with E-state index < -0.39 is 0 Å². The van der Waals surface area contributed by atoms with Crippen molar-refractivity contribution in [3.63, 3.8) is 0 Å². The van der Waals surface area contributed by atoms with Gasteiger partial charge in [0.1, 0.15) is 17.6 Å². The second-order valence-electron chi connectivity index (χ2n) is 4.69. The average molecular weight is 279 g/mol. The maximum Gasteiger partial charge on any atom is 0.133 e. The maximum atomic E-state index is 5.56. The second kappa shape index (κ2) is 6.82. The molecule has 4 nitrogen and oxygen atoms in total. The minimum Gasteiger partial charge on any atom is -0.467 e. The fraction of sp³-hybridized carbons (Fsp3) is 0.500. The van der Waals surface area contributed by atoms with Crippen molar-refractivity contribution in [1.82, 2.24) is 14.9 Å². The number of imidazole rings is 1. The third-order valence-corrected chi connectivity index (χ3v) is 3.79. The van der Waals surface area contributed by atoms with E-state index in [1.54, 1.807) is 6.26 Å². The van der Waals surface area contributed by atoms with Crippen LogP contribution in [-0.2, 0) is 7.05 Å². The fourth-order valence-electron chi connectivity index (χ4n) is 2.06. The van der Waals surface area contributed by atoms with E-state index in [2.05, 4.69) is 23.5 Å². The zero-order chi connectivity index (χ0) is 13.7. The lowest BCUT2D eigenvalue weighted by Gasteiger charge is -2.21. The molecule has 2 rings (SSSR count). The van der Waals surface area contributed by atoms with Gasteiger partial charge in [-0.2, -0.15) is 11.8 Å². The van der Waals surface area contributed by atoms with Crippen molar-refractivity contribution >= 4 is 11.8 Å². The number of furan rings is 1. The molecule has 0 aliphatic rings. The normalized spacial score (nSPS) is 14.5. The molecule has 19 heavy (non-hydrogen) atoms. The third kappa shape index (κ3) is 3.64. The average Bonchev–Trinajstić information content (AvgIpc) is 3.05. The molecule has 0 spiro atoms. The van der Waals surface area contributed by atoms with Crippen molar-refractivity contribution in [1.29, 1.82) is 0 Å². The first-order valence-corrected chi connectivity index (χ1v) is 7.87. The highest BCUT2D eigenvalue weighted by Gasteiger charge is 2.22. The molecule has 0 radical (unpaired) electrons. The minimum atomic E-state index is 0.00635. The van der Waals surface area contributed by atoms with Gasteiger partial charge >= 0.3 is 0 Å². The van der Waals surface area contributed by atoms with Gasteiger partial charge in [-0.3, -0.25) is 5.32 Å². The molecular formula is C14H21N3OS. The van der Waals surface area contributed by atoms with E-state index in [0.29, 0.717) is 6.04 Å². The summed E-state index contributed by atoms with van der Waals surface area (Å²) >= 11 is 1.87. The quantitative estimate of drug-likeness (QED) is 0.846. The molecule has 0 bridgehead atoms. The van der Waals surface area contributed by atoms with Crippen LogP contribution >= 0.6 is 11.8 Å². The van der Waals surface area contributed by atoms with Crippen molar-refractivity contribution in [3.05, 3.63) is 42.4 Å². The monoisotopic (exact) mass is 279 g/mol. The Hall–Kier alpha value is -1.20. The highest BCUT2D eigenvalue weighted by Crippen LogP contribution is 2.22. The molecule has 0 aliphatic heterocycles. The van der Waals surface area contributed by atoms with Gasteiger partial charge in [0.15, 0.2) is 0 Å². The van der Waals surface area contributed by atoms with Crippen molar-refractivity contribution in [2.24, 2.45) is 7.05 Å². The molecule has 1 N–H and O–H groups in total. The van der Waals surface area contributed by atoms with Crippen LogP contribution in [-0.4, -0.2) is 27.6 Å². The largest absolute Gasteiger partial charge is 0.467 e. The lowest BCUT2D eigenvalue weighted by molar-refractivity contribution is 0.395. The Balaban J connectivity index is 2.14. The second-order valence-corrected chi connectivity index (χ2v) is 5.68. The van der Waals surface area contributed by atoms with E-state index in [4.69, 9.17) is 4.42 Å². The van der Waals surface area contributed by atoms with Crippen molar-refractivity contribution in [2.45, 2.75) is 25.4 Å². The molecule has 2 unspecified atom stereocenters. The van der Waals surface area contributed by atoms with Gasteiger partial charge in [0.2, 0.25) is 0 Å². The minimum absolute atomic E-state index is 0.00635. The molecule has 0 fully saturated rings. The summed E-state index contributed by atoms with van der Waals surface area (Å²) in [5, 5.41) is 3.61. The third-order valence-electron chi connectivity index (χ3n) is 3.15. The van der Waals surface area contributed by atoms with Crippen LogP contribution in [0.2, 0.25) is 0 Å². The highest BCUT2D eigenvalue weighted by atomic mass is 32.2. The predicted molar refractivity (Wildman–Crippen MR) is 79.4 cm³/mol. The Bertz CT molecular complexity index is 481.